The minimum atomic E-state index is -2.02. The zero-order chi connectivity index (χ0) is 18.4. The van der Waals surface area contributed by atoms with Crippen LogP contribution >= 0.6 is 0 Å². The monoisotopic (exact) mass is 354 g/mol. The van der Waals surface area contributed by atoms with Crippen molar-refractivity contribution in [3.8, 4) is 0 Å². The molecule has 8 unspecified atom stereocenters. The van der Waals surface area contributed by atoms with Crippen LogP contribution in [0.4, 0.5) is 4.79 Å². The Labute approximate surface area is 138 Å². The van der Waals surface area contributed by atoms with Crippen LogP contribution in [0.5, 0.6) is 0 Å². The quantitative estimate of drug-likeness (QED) is 0.221. The lowest BCUT2D eigenvalue weighted by molar-refractivity contribution is -0.162. The maximum atomic E-state index is 11.7. The van der Waals surface area contributed by atoms with Gasteiger partial charge in [0.2, 0.25) is 0 Å². The molecule has 1 aliphatic carbocycles. The number of carbonyl (C=O) groups is 1. The molecule has 1 saturated carbocycles. The van der Waals surface area contributed by atoms with E-state index in [1.165, 1.54) is 0 Å². The minimum Gasteiger partial charge on any atom is -0.440 e. The van der Waals surface area contributed by atoms with Crippen molar-refractivity contribution in [3.05, 3.63) is 0 Å². The van der Waals surface area contributed by atoms with Gasteiger partial charge in [-0.05, 0) is 13.0 Å². The van der Waals surface area contributed by atoms with Crippen LogP contribution in [0.2, 0.25) is 0 Å². The van der Waals surface area contributed by atoms with Crippen molar-refractivity contribution in [2.75, 3.05) is 13.1 Å². The van der Waals surface area contributed by atoms with Crippen molar-refractivity contribution in [2.45, 2.75) is 61.7 Å². The van der Waals surface area contributed by atoms with Gasteiger partial charge in [0.25, 0.3) is 0 Å². The molecule has 8 atom stereocenters. The predicted molar refractivity (Wildman–Crippen MR) is 78.6 cm³/mol. The van der Waals surface area contributed by atoms with Crippen molar-refractivity contribution in [3.63, 3.8) is 0 Å². The molecule has 1 aliphatic rings. The Kier molecular flexibility index (Phi) is 8.26. The van der Waals surface area contributed by atoms with E-state index in [1.807, 2.05) is 0 Å². The van der Waals surface area contributed by atoms with Crippen LogP contribution in [0.15, 0.2) is 0 Å². The number of ether oxygens (including phenoxy) is 1. The summed E-state index contributed by atoms with van der Waals surface area (Å²) in [7, 11) is 0. The molecule has 24 heavy (non-hydrogen) atoms. The summed E-state index contributed by atoms with van der Waals surface area (Å²) in [5.41, 5.74) is 5.26. The molecule has 0 heterocycles. The van der Waals surface area contributed by atoms with Crippen molar-refractivity contribution in [1.29, 1.82) is 0 Å². The molecular weight excluding hydrogens is 328 g/mol. The summed E-state index contributed by atoms with van der Waals surface area (Å²) in [6, 6.07) is 0. The first-order chi connectivity index (χ1) is 11.2. The SMILES string of the molecule is NCCCNC(=O)OC1C(O)C(O)C(O)CC(O)C(O)C(O)C1O. The molecule has 0 spiro atoms. The highest BCUT2D eigenvalue weighted by Gasteiger charge is 2.46. The molecule has 1 fully saturated rings. The molecule has 0 radical (unpaired) electrons. The number of carbonyl (C=O) groups excluding carboxylic acids is 1. The molecule has 11 nitrogen and oxygen atoms in total. The van der Waals surface area contributed by atoms with Gasteiger partial charge in [0.15, 0.2) is 6.10 Å². The van der Waals surface area contributed by atoms with E-state index in [-0.39, 0.29) is 6.54 Å². The van der Waals surface area contributed by atoms with E-state index < -0.39 is 61.3 Å². The average Bonchev–Trinajstić information content (AvgIpc) is 2.56. The fourth-order valence-electron chi connectivity index (χ4n) is 2.37. The highest BCUT2D eigenvalue weighted by atomic mass is 16.6. The molecule has 1 rings (SSSR count). The number of amides is 1. The van der Waals surface area contributed by atoms with Crippen LogP contribution in [-0.2, 0) is 4.74 Å². The molecule has 0 aromatic heterocycles. The Bertz CT molecular complexity index is 400. The van der Waals surface area contributed by atoms with Gasteiger partial charge in [-0.15, -0.1) is 0 Å². The van der Waals surface area contributed by atoms with Crippen LogP contribution in [0.1, 0.15) is 12.8 Å². The number of aliphatic hydroxyl groups excluding tert-OH is 7. The molecule has 0 saturated heterocycles. The van der Waals surface area contributed by atoms with Crippen molar-refractivity contribution < 1.29 is 45.3 Å². The van der Waals surface area contributed by atoms with Gasteiger partial charge in [0.1, 0.15) is 30.5 Å². The van der Waals surface area contributed by atoms with Gasteiger partial charge in [-0.2, -0.15) is 0 Å². The number of nitrogens with one attached hydrogen (secondary N) is 1. The van der Waals surface area contributed by atoms with Gasteiger partial charge in [-0.3, -0.25) is 0 Å². The number of hydrogen-bond acceptors (Lipinski definition) is 10. The van der Waals surface area contributed by atoms with Crippen molar-refractivity contribution in [2.24, 2.45) is 5.73 Å². The molecule has 142 valence electrons. The Morgan fingerprint density at radius 3 is 1.96 bits per heavy atom. The second-order valence-electron chi connectivity index (χ2n) is 5.76. The van der Waals surface area contributed by atoms with E-state index in [0.717, 1.165) is 0 Å². The Morgan fingerprint density at radius 1 is 0.917 bits per heavy atom. The summed E-state index contributed by atoms with van der Waals surface area (Å²) in [5.74, 6) is 0. The normalized spacial score (nSPS) is 41.0. The van der Waals surface area contributed by atoms with E-state index in [0.29, 0.717) is 13.0 Å². The maximum Gasteiger partial charge on any atom is 0.407 e. The number of aliphatic hydroxyl groups is 7. The molecule has 10 N–H and O–H groups in total. The van der Waals surface area contributed by atoms with Crippen LogP contribution in [0.25, 0.3) is 0 Å². The molecule has 0 bridgehead atoms. The van der Waals surface area contributed by atoms with Crippen molar-refractivity contribution >= 4 is 6.09 Å². The molecule has 0 aromatic rings. The number of nitrogens with two attached hydrogens (primary N) is 1. The summed E-state index contributed by atoms with van der Waals surface area (Å²) >= 11 is 0. The zero-order valence-corrected chi connectivity index (χ0v) is 13.0. The topological polar surface area (TPSA) is 206 Å². The zero-order valence-electron chi connectivity index (χ0n) is 13.0. The third-order valence-electron chi connectivity index (χ3n) is 3.89. The first-order valence-electron chi connectivity index (χ1n) is 7.61. The lowest BCUT2D eigenvalue weighted by Crippen LogP contribution is -2.55. The Balaban J connectivity index is 2.93. The molecule has 0 aromatic carbocycles. The molecule has 1 amide bonds. The van der Waals surface area contributed by atoms with E-state index in [9.17, 15) is 40.5 Å². The fourth-order valence-corrected chi connectivity index (χ4v) is 2.37. The minimum absolute atomic E-state index is 0.156. The lowest BCUT2D eigenvalue weighted by atomic mass is 9.96. The maximum absolute atomic E-state index is 11.7. The summed E-state index contributed by atoms with van der Waals surface area (Å²) in [6.07, 6.45) is -16.2. The van der Waals surface area contributed by atoms with E-state index in [2.05, 4.69) is 5.32 Å². The van der Waals surface area contributed by atoms with E-state index in [1.54, 1.807) is 0 Å². The smallest absolute Gasteiger partial charge is 0.407 e. The summed E-state index contributed by atoms with van der Waals surface area (Å²) < 4.78 is 4.81. The van der Waals surface area contributed by atoms with Crippen LogP contribution in [0.3, 0.4) is 0 Å². The number of hydrogen-bond donors (Lipinski definition) is 9. The van der Waals surface area contributed by atoms with Crippen LogP contribution in [-0.4, -0.2) is 104 Å². The first-order valence-corrected chi connectivity index (χ1v) is 7.61. The summed E-state index contributed by atoms with van der Waals surface area (Å²) in [4.78, 5) is 11.7. The molecule has 11 heteroatoms. The van der Waals surface area contributed by atoms with E-state index >= 15 is 0 Å². The lowest BCUT2D eigenvalue weighted by Gasteiger charge is -2.32. The highest BCUT2D eigenvalue weighted by Crippen LogP contribution is 2.23. The third-order valence-corrected chi connectivity index (χ3v) is 3.89. The van der Waals surface area contributed by atoms with Gasteiger partial charge in [-0.25, -0.2) is 4.79 Å². The van der Waals surface area contributed by atoms with Crippen LogP contribution in [0, 0.1) is 0 Å². The second-order valence-corrected chi connectivity index (χ2v) is 5.76. The van der Waals surface area contributed by atoms with Gasteiger partial charge in [-0.1, -0.05) is 0 Å². The van der Waals surface area contributed by atoms with Gasteiger partial charge < -0.3 is 51.5 Å². The van der Waals surface area contributed by atoms with Gasteiger partial charge >= 0.3 is 6.09 Å². The number of alkyl carbamates (subject to hydrolysis) is 1. The van der Waals surface area contributed by atoms with Gasteiger partial charge in [0, 0.05) is 13.0 Å². The molecule has 0 aliphatic heterocycles. The van der Waals surface area contributed by atoms with Crippen molar-refractivity contribution in [1.82, 2.24) is 5.32 Å². The van der Waals surface area contributed by atoms with Gasteiger partial charge in [0.05, 0.1) is 12.2 Å². The average molecular weight is 354 g/mol. The third kappa shape index (κ3) is 5.22. The highest BCUT2D eigenvalue weighted by molar-refractivity contribution is 5.67. The summed E-state index contributed by atoms with van der Waals surface area (Å²) in [5, 5.41) is 71.3. The molecular formula is C13H26N2O9. The second kappa shape index (κ2) is 9.44. The number of rotatable bonds is 4. The van der Waals surface area contributed by atoms with Crippen LogP contribution < -0.4 is 11.1 Å². The summed E-state index contributed by atoms with van der Waals surface area (Å²) in [6.45, 7) is 0.464. The standard InChI is InChI=1S/C13H26N2O9/c14-2-1-3-15-13(23)24-12-10(21)8(19)6(17)4-5(16)7(18)9(20)11(12)22/h5-12,16-22H,1-4,14H2,(H,15,23). The first kappa shape index (κ1) is 21.0. The largest absolute Gasteiger partial charge is 0.440 e. The fraction of sp³-hybridized carbons (Fsp3) is 0.923. The van der Waals surface area contributed by atoms with E-state index in [4.69, 9.17) is 10.5 Å². The Hall–Kier alpha value is -1.05. The Morgan fingerprint density at radius 2 is 1.42 bits per heavy atom. The predicted octanol–water partition coefficient (Wildman–Crippen LogP) is -4.64.